The van der Waals surface area contributed by atoms with Gasteiger partial charge in [0.2, 0.25) is 0 Å². The second kappa shape index (κ2) is 13.3. The molecule has 1 atom stereocenters. The number of amidine groups is 1. The fraction of sp³-hybridized carbons (Fsp3) is 0.567. The molecule has 3 aliphatic rings. The van der Waals surface area contributed by atoms with Gasteiger partial charge in [-0.05, 0) is 71.5 Å². The van der Waals surface area contributed by atoms with Crippen molar-refractivity contribution >= 4 is 42.0 Å². The molecule has 0 aromatic heterocycles. The number of benzene rings is 1. The highest BCUT2D eigenvalue weighted by Gasteiger charge is 2.34. The number of ether oxygens (including phenoxy) is 1. The summed E-state index contributed by atoms with van der Waals surface area (Å²) in [5, 5.41) is 3.21. The van der Waals surface area contributed by atoms with Crippen molar-refractivity contribution in [3.63, 3.8) is 0 Å². The fourth-order valence-electron chi connectivity index (χ4n) is 5.52. The summed E-state index contributed by atoms with van der Waals surface area (Å²) in [6.45, 7) is 16.4. The summed E-state index contributed by atoms with van der Waals surface area (Å²) >= 11 is 0. The Morgan fingerprint density at radius 1 is 1.02 bits per heavy atom. The molecular weight excluding hydrogens is 550 g/mol. The van der Waals surface area contributed by atoms with Gasteiger partial charge < -0.3 is 40.3 Å². The molecule has 0 bridgehead atoms. The van der Waals surface area contributed by atoms with Crippen molar-refractivity contribution in [1.29, 1.82) is 0 Å². The predicted molar refractivity (Wildman–Crippen MR) is 168 cm³/mol. The molecule has 0 unspecified atom stereocenters. The molecule has 0 spiro atoms. The van der Waals surface area contributed by atoms with Gasteiger partial charge in [-0.15, -0.1) is 0 Å². The van der Waals surface area contributed by atoms with E-state index in [0.717, 1.165) is 38.2 Å². The number of piperazine rings is 1. The van der Waals surface area contributed by atoms with Gasteiger partial charge in [-0.2, -0.15) is 0 Å². The molecule has 0 aliphatic carbocycles. The summed E-state index contributed by atoms with van der Waals surface area (Å²) < 4.78 is 5.50. The number of nitrogens with one attached hydrogen (secondary N) is 1. The Kier molecular flexibility index (Phi) is 9.82. The van der Waals surface area contributed by atoms with Crippen molar-refractivity contribution in [2.45, 2.75) is 52.2 Å². The Morgan fingerprint density at radius 3 is 2.26 bits per heavy atom. The Bertz CT molecular complexity index is 1260. The molecule has 1 aromatic rings. The van der Waals surface area contributed by atoms with Gasteiger partial charge in [-0.3, -0.25) is 9.79 Å². The first-order valence-corrected chi connectivity index (χ1v) is 14.8. The van der Waals surface area contributed by atoms with Crippen LogP contribution in [0.5, 0.6) is 0 Å². The van der Waals surface area contributed by atoms with Crippen LogP contribution in [0.15, 0.2) is 45.8 Å². The lowest BCUT2D eigenvalue weighted by molar-refractivity contribution is -0.114. The number of hydrogen-bond donors (Lipinski definition) is 2. The highest BCUT2D eigenvalue weighted by Crippen LogP contribution is 2.24. The van der Waals surface area contributed by atoms with Crippen molar-refractivity contribution in [1.82, 2.24) is 19.6 Å². The SMILES string of the molecule is C=N/C(C(N)=O)=C(\N=C(C)N1CCC[C@@H](N2CCN(C)C2=O)C1)Nc1ccc(N2CCN(C(=O)OC(C)(C)C)CC2)cc1. The monoisotopic (exact) mass is 595 g/mol. The van der Waals surface area contributed by atoms with E-state index < -0.39 is 11.5 Å². The first kappa shape index (κ1) is 31.6. The summed E-state index contributed by atoms with van der Waals surface area (Å²) in [7, 11) is 1.82. The van der Waals surface area contributed by atoms with E-state index in [9.17, 15) is 14.4 Å². The number of rotatable bonds is 7. The lowest BCUT2D eigenvalue weighted by Gasteiger charge is -2.38. The normalized spacial score (nSPS) is 20.7. The highest BCUT2D eigenvalue weighted by atomic mass is 16.6. The van der Waals surface area contributed by atoms with Crippen LogP contribution in [-0.4, -0.2) is 121 Å². The van der Waals surface area contributed by atoms with Crippen LogP contribution >= 0.6 is 0 Å². The van der Waals surface area contributed by atoms with E-state index in [4.69, 9.17) is 15.5 Å². The van der Waals surface area contributed by atoms with Crippen LogP contribution in [0.3, 0.4) is 0 Å². The van der Waals surface area contributed by atoms with Crippen LogP contribution in [-0.2, 0) is 9.53 Å². The van der Waals surface area contributed by atoms with Gasteiger partial charge in [0.15, 0.2) is 11.5 Å². The number of carbonyl (C=O) groups excluding carboxylic acids is 3. The van der Waals surface area contributed by atoms with E-state index in [1.807, 2.05) is 63.9 Å². The highest BCUT2D eigenvalue weighted by molar-refractivity contribution is 5.94. The second-order valence-corrected chi connectivity index (χ2v) is 12.1. The number of likely N-dealkylation sites (tertiary alicyclic amines) is 1. The lowest BCUT2D eigenvalue weighted by Crippen LogP contribution is -2.50. The maximum atomic E-state index is 12.6. The van der Waals surface area contributed by atoms with Crippen molar-refractivity contribution in [3.05, 3.63) is 35.8 Å². The molecule has 3 saturated heterocycles. The molecule has 3 fully saturated rings. The van der Waals surface area contributed by atoms with Crippen molar-refractivity contribution in [3.8, 4) is 0 Å². The first-order valence-electron chi connectivity index (χ1n) is 14.8. The van der Waals surface area contributed by atoms with Crippen LogP contribution in [0.2, 0.25) is 0 Å². The van der Waals surface area contributed by atoms with E-state index in [2.05, 4.69) is 26.8 Å². The molecular formula is C30H45N9O4. The number of nitrogens with two attached hydrogens (primary N) is 1. The first-order chi connectivity index (χ1) is 20.4. The molecule has 1 aromatic carbocycles. The maximum Gasteiger partial charge on any atom is 0.410 e. The molecule has 3 aliphatic heterocycles. The zero-order chi connectivity index (χ0) is 31.3. The Hall–Kier alpha value is -4.29. The quantitative estimate of drug-likeness (QED) is 0.281. The average Bonchev–Trinajstić information content (AvgIpc) is 3.30. The number of aliphatic imine (C=N–C) groups is 2. The number of piperidine rings is 1. The van der Waals surface area contributed by atoms with E-state index in [-0.39, 0.29) is 29.7 Å². The van der Waals surface area contributed by atoms with Crippen molar-refractivity contribution in [2.24, 2.45) is 15.7 Å². The van der Waals surface area contributed by atoms with Gasteiger partial charge in [0.25, 0.3) is 5.91 Å². The lowest BCUT2D eigenvalue weighted by atomic mass is 10.0. The molecule has 4 amide bonds. The zero-order valence-corrected chi connectivity index (χ0v) is 26.0. The van der Waals surface area contributed by atoms with E-state index in [1.165, 1.54) is 0 Å². The molecule has 3 heterocycles. The molecule has 4 rings (SSSR count). The minimum atomic E-state index is -0.740. The summed E-state index contributed by atoms with van der Waals surface area (Å²) in [5.41, 5.74) is 6.76. The van der Waals surface area contributed by atoms with E-state index in [0.29, 0.717) is 44.2 Å². The number of likely N-dealkylation sites (N-methyl/N-ethyl adjacent to an activating group) is 1. The van der Waals surface area contributed by atoms with E-state index in [1.54, 1.807) is 9.80 Å². The minimum Gasteiger partial charge on any atom is -0.444 e. The van der Waals surface area contributed by atoms with Gasteiger partial charge in [0, 0.05) is 70.8 Å². The number of amides is 4. The standard InChI is InChI=1S/C30H45N9O4/c1-21(38-13-7-8-24(20-38)39-19-14-35(6)28(39)41)33-27(25(32-5)26(31)40)34-22-9-11-23(12-10-22)36-15-17-37(18-16-36)29(42)43-30(2,3)4/h9-12,24,34H,5,7-8,13-20H2,1-4,6H3,(H2,31,40)/b27-25+,33-21?/t24-/m1/s1. The molecule has 234 valence electrons. The van der Waals surface area contributed by atoms with E-state index >= 15 is 0 Å². The van der Waals surface area contributed by atoms with Gasteiger partial charge in [0.05, 0.1) is 6.04 Å². The Morgan fingerprint density at radius 2 is 1.70 bits per heavy atom. The molecule has 3 N–H and O–H groups in total. The Balaban J connectivity index is 1.43. The van der Waals surface area contributed by atoms with Crippen LogP contribution < -0.4 is 16.0 Å². The summed E-state index contributed by atoms with van der Waals surface area (Å²) in [6.07, 6.45) is 1.57. The van der Waals surface area contributed by atoms with Crippen LogP contribution in [0.1, 0.15) is 40.5 Å². The number of anilines is 2. The van der Waals surface area contributed by atoms with Crippen molar-refractivity contribution in [2.75, 3.05) is 69.6 Å². The van der Waals surface area contributed by atoms with Gasteiger partial charge >= 0.3 is 12.1 Å². The topological polar surface area (TPSA) is 139 Å². The number of primary amides is 1. The number of carbonyl (C=O) groups is 3. The third kappa shape index (κ3) is 7.96. The van der Waals surface area contributed by atoms with Crippen LogP contribution in [0.25, 0.3) is 0 Å². The van der Waals surface area contributed by atoms with Crippen LogP contribution in [0, 0.1) is 0 Å². The van der Waals surface area contributed by atoms with Gasteiger partial charge in [-0.25, -0.2) is 14.6 Å². The molecule has 13 heteroatoms. The van der Waals surface area contributed by atoms with Gasteiger partial charge in [-0.1, -0.05) is 0 Å². The van der Waals surface area contributed by atoms with Crippen molar-refractivity contribution < 1.29 is 19.1 Å². The average molecular weight is 596 g/mol. The zero-order valence-electron chi connectivity index (χ0n) is 26.0. The summed E-state index contributed by atoms with van der Waals surface area (Å²) in [5.74, 6) is 0.155. The molecule has 43 heavy (non-hydrogen) atoms. The fourth-order valence-corrected chi connectivity index (χ4v) is 5.52. The predicted octanol–water partition coefficient (Wildman–Crippen LogP) is 2.76. The largest absolute Gasteiger partial charge is 0.444 e. The smallest absolute Gasteiger partial charge is 0.410 e. The third-order valence-electron chi connectivity index (χ3n) is 7.86. The maximum absolute atomic E-state index is 12.6. The minimum absolute atomic E-state index is 0.0592. The number of nitrogens with zero attached hydrogens (tertiary/aromatic N) is 7. The van der Waals surface area contributed by atoms with Crippen LogP contribution in [0.4, 0.5) is 21.0 Å². The third-order valence-corrected chi connectivity index (χ3v) is 7.86. The molecule has 0 radical (unpaired) electrons. The Labute approximate surface area is 254 Å². The van der Waals surface area contributed by atoms with Gasteiger partial charge in [0.1, 0.15) is 11.4 Å². The summed E-state index contributed by atoms with van der Waals surface area (Å²) in [6, 6.07) is 7.91. The molecule has 0 saturated carbocycles. The molecule has 13 nitrogen and oxygen atoms in total. The number of urea groups is 1. The second-order valence-electron chi connectivity index (χ2n) is 12.1. The summed E-state index contributed by atoms with van der Waals surface area (Å²) in [4.78, 5) is 55.6. The number of hydrogen-bond acceptors (Lipinski definition) is 8.